The molecule has 0 unspecified atom stereocenters. The number of rotatable bonds is 4. The number of benzene rings is 2. The first-order valence-electron chi connectivity index (χ1n) is 9.44. The van der Waals surface area contributed by atoms with Crippen LogP contribution >= 0.6 is 0 Å². The van der Waals surface area contributed by atoms with Crippen LogP contribution in [-0.2, 0) is 23.3 Å². The molecule has 0 bridgehead atoms. The quantitative estimate of drug-likeness (QED) is 0.827. The molecule has 1 aliphatic heterocycles. The summed E-state index contributed by atoms with van der Waals surface area (Å²) in [6, 6.07) is 11.2. The highest BCUT2D eigenvalue weighted by Crippen LogP contribution is 2.40. The maximum Gasteiger partial charge on any atom is 0.325 e. The number of hydrogen-bond donors (Lipinski definition) is 1. The number of fused-ring (bicyclic) bond motifs is 2. The molecular formula is C22H24N2O4. The van der Waals surface area contributed by atoms with Crippen molar-refractivity contribution < 1.29 is 19.1 Å². The zero-order valence-electron chi connectivity index (χ0n) is 16.4. The van der Waals surface area contributed by atoms with Gasteiger partial charge in [0.15, 0.2) is 11.5 Å². The summed E-state index contributed by atoms with van der Waals surface area (Å²) in [4.78, 5) is 27.6. The Balaban J connectivity index is 1.69. The van der Waals surface area contributed by atoms with E-state index >= 15 is 0 Å². The molecule has 28 heavy (non-hydrogen) atoms. The van der Waals surface area contributed by atoms with Gasteiger partial charge in [0.2, 0.25) is 0 Å². The zero-order valence-corrected chi connectivity index (χ0v) is 16.4. The fourth-order valence-corrected chi connectivity index (χ4v) is 4.32. The van der Waals surface area contributed by atoms with Crippen LogP contribution in [0, 0.1) is 6.92 Å². The van der Waals surface area contributed by atoms with Crippen molar-refractivity contribution in [2.45, 2.75) is 38.3 Å². The van der Waals surface area contributed by atoms with Crippen LogP contribution in [0.1, 0.15) is 35.1 Å². The molecule has 3 amide bonds. The smallest absolute Gasteiger partial charge is 0.325 e. The van der Waals surface area contributed by atoms with Crippen molar-refractivity contribution in [2.75, 3.05) is 14.2 Å². The van der Waals surface area contributed by atoms with E-state index in [1.54, 1.807) is 14.2 Å². The summed E-state index contributed by atoms with van der Waals surface area (Å²) in [5.41, 5.74) is 2.89. The second-order valence-corrected chi connectivity index (χ2v) is 7.37. The average Bonchev–Trinajstić information content (AvgIpc) is 2.94. The number of carbonyl (C=O) groups is 2. The summed E-state index contributed by atoms with van der Waals surface area (Å²) in [5.74, 6) is 1.02. The summed E-state index contributed by atoms with van der Waals surface area (Å²) in [7, 11) is 3.15. The number of amides is 3. The van der Waals surface area contributed by atoms with Gasteiger partial charge in [-0.1, -0.05) is 24.3 Å². The van der Waals surface area contributed by atoms with Crippen molar-refractivity contribution in [3.05, 3.63) is 58.7 Å². The van der Waals surface area contributed by atoms with Gasteiger partial charge in [-0.25, -0.2) is 4.79 Å². The van der Waals surface area contributed by atoms with Crippen molar-refractivity contribution in [1.82, 2.24) is 10.2 Å². The van der Waals surface area contributed by atoms with E-state index in [9.17, 15) is 9.59 Å². The van der Waals surface area contributed by atoms with E-state index in [1.807, 2.05) is 43.3 Å². The lowest BCUT2D eigenvalue weighted by atomic mass is 9.76. The Hall–Kier alpha value is -3.02. The number of nitrogens with one attached hydrogen (secondary N) is 1. The molecule has 1 heterocycles. The normalized spacial score (nSPS) is 20.9. The second-order valence-electron chi connectivity index (χ2n) is 7.37. The number of aryl methyl sites for hydroxylation is 2. The molecule has 1 aliphatic carbocycles. The van der Waals surface area contributed by atoms with E-state index < -0.39 is 5.54 Å². The molecule has 2 aromatic carbocycles. The molecule has 1 saturated heterocycles. The molecule has 6 nitrogen and oxygen atoms in total. The number of hydrogen-bond acceptors (Lipinski definition) is 4. The Morgan fingerprint density at radius 2 is 1.82 bits per heavy atom. The van der Waals surface area contributed by atoms with Gasteiger partial charge in [0, 0.05) is 0 Å². The fraction of sp³-hybridized carbons (Fsp3) is 0.364. The standard InChI is InChI=1S/C22H24N2O4/c1-14-11-18(27-2)19(28-3)12-16(14)13-24-20(25)22(23-21(24)26)10-6-8-15-7-4-5-9-17(15)22/h4-5,7,9,11-12H,6,8,10,13H2,1-3H3,(H,23,26)/t22-/m0/s1. The van der Waals surface area contributed by atoms with Gasteiger partial charge in [0.1, 0.15) is 5.54 Å². The molecule has 1 spiro atoms. The minimum Gasteiger partial charge on any atom is -0.493 e. The predicted molar refractivity (Wildman–Crippen MR) is 104 cm³/mol. The highest BCUT2D eigenvalue weighted by molar-refractivity contribution is 6.07. The van der Waals surface area contributed by atoms with Crippen molar-refractivity contribution in [2.24, 2.45) is 0 Å². The summed E-state index contributed by atoms with van der Waals surface area (Å²) < 4.78 is 10.7. The Kier molecular flexibility index (Phi) is 4.49. The summed E-state index contributed by atoms with van der Waals surface area (Å²) in [6.07, 6.45) is 2.41. The van der Waals surface area contributed by atoms with Crippen LogP contribution in [0.4, 0.5) is 4.79 Å². The Labute approximate surface area is 164 Å². The van der Waals surface area contributed by atoms with E-state index in [0.717, 1.165) is 35.1 Å². The SMILES string of the molecule is COc1cc(C)c(CN2C(=O)N[C@]3(CCCc4ccccc43)C2=O)cc1OC. The third-order valence-electron chi connectivity index (χ3n) is 5.82. The first-order valence-corrected chi connectivity index (χ1v) is 9.44. The third kappa shape index (κ3) is 2.71. The van der Waals surface area contributed by atoms with Gasteiger partial charge >= 0.3 is 6.03 Å². The molecule has 1 N–H and O–H groups in total. The van der Waals surface area contributed by atoms with E-state index in [2.05, 4.69) is 5.32 Å². The monoisotopic (exact) mass is 380 g/mol. The summed E-state index contributed by atoms with van der Waals surface area (Å²) in [6.45, 7) is 2.13. The van der Waals surface area contributed by atoms with Crippen LogP contribution in [0.15, 0.2) is 36.4 Å². The van der Waals surface area contributed by atoms with Crippen LogP contribution in [0.3, 0.4) is 0 Å². The van der Waals surface area contributed by atoms with Crippen LogP contribution < -0.4 is 14.8 Å². The van der Waals surface area contributed by atoms with Crippen LogP contribution in [0.25, 0.3) is 0 Å². The molecule has 0 aromatic heterocycles. The molecule has 0 saturated carbocycles. The lowest BCUT2D eigenvalue weighted by molar-refractivity contribution is -0.132. The lowest BCUT2D eigenvalue weighted by Crippen LogP contribution is -2.46. The first-order chi connectivity index (χ1) is 13.5. The zero-order chi connectivity index (χ0) is 19.9. The molecule has 146 valence electrons. The fourth-order valence-electron chi connectivity index (χ4n) is 4.32. The summed E-state index contributed by atoms with van der Waals surface area (Å²) in [5, 5.41) is 3.00. The number of ether oxygens (including phenoxy) is 2. The van der Waals surface area contributed by atoms with E-state index in [-0.39, 0.29) is 18.5 Å². The Morgan fingerprint density at radius 3 is 2.57 bits per heavy atom. The van der Waals surface area contributed by atoms with Gasteiger partial charge < -0.3 is 14.8 Å². The van der Waals surface area contributed by atoms with E-state index in [4.69, 9.17) is 9.47 Å². The van der Waals surface area contributed by atoms with Crippen molar-refractivity contribution in [3.63, 3.8) is 0 Å². The first kappa shape index (κ1) is 18.3. The van der Waals surface area contributed by atoms with Crippen molar-refractivity contribution in [1.29, 1.82) is 0 Å². The molecule has 4 rings (SSSR count). The number of imide groups is 1. The van der Waals surface area contributed by atoms with Gasteiger partial charge in [-0.3, -0.25) is 9.69 Å². The number of urea groups is 1. The minimum absolute atomic E-state index is 0.182. The maximum atomic E-state index is 13.4. The highest BCUT2D eigenvalue weighted by Gasteiger charge is 2.53. The summed E-state index contributed by atoms with van der Waals surface area (Å²) >= 11 is 0. The van der Waals surface area contributed by atoms with E-state index in [1.165, 1.54) is 4.90 Å². The third-order valence-corrected chi connectivity index (χ3v) is 5.82. The topological polar surface area (TPSA) is 67.9 Å². The van der Waals surface area contributed by atoms with E-state index in [0.29, 0.717) is 17.9 Å². The van der Waals surface area contributed by atoms with Crippen LogP contribution in [-0.4, -0.2) is 31.1 Å². The van der Waals surface area contributed by atoms with Crippen molar-refractivity contribution in [3.8, 4) is 11.5 Å². The molecule has 1 fully saturated rings. The lowest BCUT2D eigenvalue weighted by Gasteiger charge is -2.33. The molecule has 2 aliphatic rings. The Bertz CT molecular complexity index is 956. The number of carbonyl (C=O) groups excluding carboxylic acids is 2. The molecular weight excluding hydrogens is 356 g/mol. The number of nitrogens with zero attached hydrogens (tertiary/aromatic N) is 1. The van der Waals surface area contributed by atoms with Crippen LogP contribution in [0.2, 0.25) is 0 Å². The molecule has 1 atom stereocenters. The molecule has 2 aromatic rings. The maximum absolute atomic E-state index is 13.4. The number of methoxy groups -OCH3 is 2. The second kappa shape index (κ2) is 6.86. The largest absolute Gasteiger partial charge is 0.493 e. The van der Waals surface area contributed by atoms with Gasteiger partial charge in [0.05, 0.1) is 20.8 Å². The van der Waals surface area contributed by atoms with Gasteiger partial charge in [0.25, 0.3) is 5.91 Å². The average molecular weight is 380 g/mol. The van der Waals surface area contributed by atoms with Crippen molar-refractivity contribution >= 4 is 11.9 Å². The molecule has 6 heteroatoms. The highest BCUT2D eigenvalue weighted by atomic mass is 16.5. The van der Waals surface area contributed by atoms with Gasteiger partial charge in [-0.15, -0.1) is 0 Å². The predicted octanol–water partition coefficient (Wildman–Crippen LogP) is 3.30. The van der Waals surface area contributed by atoms with Gasteiger partial charge in [-0.05, 0) is 60.6 Å². The van der Waals surface area contributed by atoms with Gasteiger partial charge in [-0.2, -0.15) is 0 Å². The van der Waals surface area contributed by atoms with Crippen LogP contribution in [0.5, 0.6) is 11.5 Å². The minimum atomic E-state index is -0.948. The Morgan fingerprint density at radius 1 is 1.11 bits per heavy atom. The molecule has 0 radical (unpaired) electrons.